The SMILES string of the molecule is CCCCNC(=O)C[C@H]1C[C@@]2(C(=O)OC)C(=C[C@H](C(C)C)O[C@@H]2C2CC2)N(Cc2ccco2)C1=O. The van der Waals surface area contributed by atoms with E-state index in [1.165, 1.54) is 7.11 Å². The maximum atomic E-state index is 13.9. The van der Waals surface area contributed by atoms with Gasteiger partial charge in [-0.15, -0.1) is 0 Å². The Balaban J connectivity index is 1.76. The molecule has 3 aliphatic rings. The van der Waals surface area contributed by atoms with E-state index in [4.69, 9.17) is 13.9 Å². The molecule has 1 N–H and O–H groups in total. The standard InChI is InChI=1S/C27H38N2O6/c1-5-6-11-28-23(30)13-19-15-27(26(32)33-4)22(29(25(19)31)16-20-8-7-12-34-20)14-21(17(2)3)35-24(27)18-9-10-18/h7-8,12,14,17-19,21,24H,5-6,9-11,13,15-16H2,1-4H3,(H,28,30)/t19-,21+,24+,27+/m0/s1. The van der Waals surface area contributed by atoms with Crippen LogP contribution in [0.2, 0.25) is 0 Å². The molecule has 192 valence electrons. The van der Waals surface area contributed by atoms with Crippen LogP contribution in [0.1, 0.15) is 65.1 Å². The number of furan rings is 1. The third kappa shape index (κ3) is 5.03. The lowest BCUT2D eigenvalue weighted by Crippen LogP contribution is -2.61. The summed E-state index contributed by atoms with van der Waals surface area (Å²) in [4.78, 5) is 41.9. The molecule has 0 unspecified atom stereocenters. The molecule has 2 aliphatic heterocycles. The molecule has 2 amide bonds. The highest BCUT2D eigenvalue weighted by molar-refractivity contribution is 5.92. The predicted octanol–water partition coefficient (Wildman–Crippen LogP) is 3.81. The zero-order valence-electron chi connectivity index (χ0n) is 21.2. The van der Waals surface area contributed by atoms with Crippen molar-refractivity contribution in [3.8, 4) is 0 Å². The van der Waals surface area contributed by atoms with E-state index >= 15 is 0 Å². The first-order valence-electron chi connectivity index (χ1n) is 12.9. The molecule has 1 saturated carbocycles. The molecule has 0 radical (unpaired) electrons. The largest absolute Gasteiger partial charge is 0.468 e. The van der Waals surface area contributed by atoms with Gasteiger partial charge in [-0.2, -0.15) is 0 Å². The smallest absolute Gasteiger partial charge is 0.320 e. The van der Waals surface area contributed by atoms with Crippen molar-refractivity contribution >= 4 is 17.8 Å². The summed E-state index contributed by atoms with van der Waals surface area (Å²) in [7, 11) is 1.38. The van der Waals surface area contributed by atoms with Gasteiger partial charge in [-0.05, 0) is 55.7 Å². The average Bonchev–Trinajstić information content (AvgIpc) is 3.55. The second-order valence-electron chi connectivity index (χ2n) is 10.4. The average molecular weight is 487 g/mol. The van der Waals surface area contributed by atoms with Crippen molar-refractivity contribution in [1.29, 1.82) is 0 Å². The Morgan fingerprint density at radius 2 is 2.09 bits per heavy atom. The molecule has 0 spiro atoms. The van der Waals surface area contributed by atoms with Crippen molar-refractivity contribution in [2.45, 2.75) is 78.0 Å². The summed E-state index contributed by atoms with van der Waals surface area (Å²) in [5, 5.41) is 2.92. The van der Waals surface area contributed by atoms with Gasteiger partial charge in [0.05, 0.1) is 32.1 Å². The number of methoxy groups -OCH3 is 1. The van der Waals surface area contributed by atoms with E-state index < -0.39 is 23.4 Å². The molecular formula is C27H38N2O6. The van der Waals surface area contributed by atoms with Gasteiger partial charge in [0.15, 0.2) is 0 Å². The first kappa shape index (κ1) is 25.5. The molecule has 0 aromatic carbocycles. The fourth-order valence-corrected chi connectivity index (χ4v) is 5.47. The topological polar surface area (TPSA) is 98.1 Å². The van der Waals surface area contributed by atoms with Gasteiger partial charge >= 0.3 is 5.97 Å². The normalized spacial score (nSPS) is 28.5. The highest BCUT2D eigenvalue weighted by Crippen LogP contribution is 2.56. The van der Waals surface area contributed by atoms with Crippen molar-refractivity contribution < 1.29 is 28.3 Å². The third-order valence-electron chi connectivity index (χ3n) is 7.48. The zero-order chi connectivity index (χ0) is 25.2. The lowest BCUT2D eigenvalue weighted by Gasteiger charge is -2.52. The molecule has 8 nitrogen and oxygen atoms in total. The number of nitrogens with one attached hydrogen (secondary N) is 1. The van der Waals surface area contributed by atoms with Gasteiger partial charge in [0.1, 0.15) is 11.2 Å². The van der Waals surface area contributed by atoms with E-state index in [2.05, 4.69) is 26.1 Å². The Kier molecular flexibility index (Phi) is 7.69. The van der Waals surface area contributed by atoms with Crippen LogP contribution in [-0.4, -0.2) is 48.5 Å². The van der Waals surface area contributed by atoms with Crippen molar-refractivity contribution in [1.82, 2.24) is 10.2 Å². The van der Waals surface area contributed by atoms with Crippen LogP contribution in [0.3, 0.4) is 0 Å². The third-order valence-corrected chi connectivity index (χ3v) is 7.48. The first-order valence-corrected chi connectivity index (χ1v) is 12.9. The zero-order valence-corrected chi connectivity index (χ0v) is 21.2. The Hall–Kier alpha value is -2.61. The Bertz CT molecular complexity index is 951. The van der Waals surface area contributed by atoms with Crippen LogP contribution in [0.15, 0.2) is 34.6 Å². The Morgan fingerprint density at radius 3 is 2.69 bits per heavy atom. The maximum absolute atomic E-state index is 13.9. The molecule has 8 heteroatoms. The Morgan fingerprint density at radius 1 is 1.31 bits per heavy atom. The van der Waals surface area contributed by atoms with Crippen LogP contribution in [-0.2, 0) is 30.4 Å². The van der Waals surface area contributed by atoms with E-state index in [1.54, 1.807) is 17.2 Å². The molecule has 1 aromatic heterocycles. The molecule has 4 rings (SSSR count). The number of unbranched alkanes of at least 4 members (excludes halogenated alkanes) is 1. The van der Waals surface area contributed by atoms with Gasteiger partial charge in [-0.25, -0.2) is 0 Å². The molecular weight excluding hydrogens is 448 g/mol. The predicted molar refractivity (Wildman–Crippen MR) is 129 cm³/mol. The highest BCUT2D eigenvalue weighted by Gasteiger charge is 2.63. The minimum absolute atomic E-state index is 0.0220. The molecule has 4 atom stereocenters. The fraction of sp³-hybridized carbons (Fsp3) is 0.667. The van der Waals surface area contributed by atoms with Crippen LogP contribution in [0.4, 0.5) is 0 Å². The fourth-order valence-electron chi connectivity index (χ4n) is 5.47. The second-order valence-corrected chi connectivity index (χ2v) is 10.4. The molecule has 3 heterocycles. The number of ether oxygens (including phenoxy) is 2. The van der Waals surface area contributed by atoms with E-state index in [1.807, 2.05) is 12.1 Å². The van der Waals surface area contributed by atoms with Gasteiger partial charge in [0.2, 0.25) is 11.8 Å². The minimum atomic E-state index is -1.14. The molecule has 1 aliphatic carbocycles. The number of esters is 1. The number of hydrogen-bond donors (Lipinski definition) is 1. The summed E-state index contributed by atoms with van der Waals surface area (Å²) in [6.07, 6.45) is 6.87. The highest BCUT2D eigenvalue weighted by atomic mass is 16.5. The minimum Gasteiger partial charge on any atom is -0.468 e. The monoisotopic (exact) mass is 486 g/mol. The summed E-state index contributed by atoms with van der Waals surface area (Å²) in [6.45, 7) is 6.96. The number of likely N-dealkylation sites (tertiary alicyclic amines) is 1. The van der Waals surface area contributed by atoms with Crippen molar-refractivity contribution in [3.63, 3.8) is 0 Å². The van der Waals surface area contributed by atoms with Crippen LogP contribution >= 0.6 is 0 Å². The van der Waals surface area contributed by atoms with Crippen LogP contribution in [0, 0.1) is 23.2 Å². The number of carbonyl (C=O) groups is 3. The van der Waals surface area contributed by atoms with Crippen LogP contribution < -0.4 is 5.32 Å². The molecule has 1 aromatic rings. The van der Waals surface area contributed by atoms with E-state index in [0.717, 1.165) is 25.7 Å². The lowest BCUT2D eigenvalue weighted by molar-refractivity contribution is -0.182. The van der Waals surface area contributed by atoms with Gasteiger partial charge in [0, 0.05) is 24.6 Å². The molecule has 1 saturated heterocycles. The number of amides is 2. The molecule has 35 heavy (non-hydrogen) atoms. The van der Waals surface area contributed by atoms with Crippen LogP contribution in [0.25, 0.3) is 0 Å². The number of hydrogen-bond acceptors (Lipinski definition) is 6. The van der Waals surface area contributed by atoms with E-state index in [0.29, 0.717) is 18.0 Å². The second kappa shape index (κ2) is 10.6. The number of nitrogens with zero attached hydrogens (tertiary/aromatic N) is 1. The number of fused-ring (bicyclic) bond motifs is 1. The first-order chi connectivity index (χ1) is 16.8. The van der Waals surface area contributed by atoms with Crippen molar-refractivity contribution in [2.24, 2.45) is 23.2 Å². The Labute approximate surface area is 207 Å². The van der Waals surface area contributed by atoms with E-state index in [-0.39, 0.29) is 49.1 Å². The van der Waals surface area contributed by atoms with Crippen molar-refractivity contribution in [3.05, 3.63) is 35.9 Å². The van der Waals surface area contributed by atoms with Gasteiger partial charge in [-0.3, -0.25) is 14.4 Å². The van der Waals surface area contributed by atoms with Gasteiger partial charge in [-0.1, -0.05) is 27.2 Å². The number of piperidine rings is 1. The molecule has 2 fully saturated rings. The summed E-state index contributed by atoms with van der Waals surface area (Å²) >= 11 is 0. The van der Waals surface area contributed by atoms with E-state index in [9.17, 15) is 14.4 Å². The lowest BCUT2D eigenvalue weighted by atomic mass is 9.64. The number of carbonyl (C=O) groups excluding carboxylic acids is 3. The summed E-state index contributed by atoms with van der Waals surface area (Å²) in [5.74, 6) is -0.418. The van der Waals surface area contributed by atoms with Gasteiger partial charge in [0.25, 0.3) is 0 Å². The summed E-state index contributed by atoms with van der Waals surface area (Å²) in [5.41, 5.74) is -0.508. The quantitative estimate of drug-likeness (QED) is 0.399. The summed E-state index contributed by atoms with van der Waals surface area (Å²) in [6, 6.07) is 3.59. The van der Waals surface area contributed by atoms with Crippen LogP contribution in [0.5, 0.6) is 0 Å². The number of rotatable bonds is 10. The summed E-state index contributed by atoms with van der Waals surface area (Å²) < 4.78 is 17.5. The maximum Gasteiger partial charge on any atom is 0.320 e. The van der Waals surface area contributed by atoms with Crippen molar-refractivity contribution in [2.75, 3.05) is 13.7 Å². The van der Waals surface area contributed by atoms with Gasteiger partial charge < -0.3 is 24.1 Å². The molecule has 0 bridgehead atoms.